The quantitative estimate of drug-likeness (QED) is 0.421. The summed E-state index contributed by atoms with van der Waals surface area (Å²) >= 11 is 16.0. The molecule has 31 heavy (non-hydrogen) atoms. The number of aromatic nitrogens is 2. The monoisotopic (exact) mass is 521 g/mol. The normalized spacial score (nSPS) is 14.6. The lowest BCUT2D eigenvalue weighted by Gasteiger charge is -2.22. The van der Waals surface area contributed by atoms with Gasteiger partial charge in [-0.05, 0) is 43.2 Å². The number of hydrogen-bond donors (Lipinski definition) is 2. The number of amides is 1. The molecule has 0 spiro atoms. The minimum atomic E-state index is -0.329. The molecule has 4 rings (SSSR count). The molecule has 1 aromatic heterocycles. The molecular weight excluding hydrogens is 501 g/mol. The number of halogens is 3. The van der Waals surface area contributed by atoms with Crippen molar-refractivity contribution in [3.05, 3.63) is 68.2 Å². The summed E-state index contributed by atoms with van der Waals surface area (Å²) in [6, 6.07) is 12.9. The van der Waals surface area contributed by atoms with Crippen LogP contribution in [0.4, 0.5) is 0 Å². The average Bonchev–Trinajstić information content (AvgIpc) is 3.14. The molecule has 1 fully saturated rings. The highest BCUT2D eigenvalue weighted by atomic mass is 79.9. The Morgan fingerprint density at radius 2 is 1.84 bits per heavy atom. The third-order valence-corrected chi connectivity index (χ3v) is 6.62. The van der Waals surface area contributed by atoms with Gasteiger partial charge in [-0.3, -0.25) is 4.79 Å². The molecule has 1 amide bonds. The number of nitrogens with one attached hydrogen (secondary N) is 1. The smallest absolute Gasteiger partial charge is 0.272 e. The molecule has 162 valence electrons. The van der Waals surface area contributed by atoms with Gasteiger partial charge in [0.25, 0.3) is 5.91 Å². The molecular formula is C23H22BrCl2N3O2. The van der Waals surface area contributed by atoms with Crippen molar-refractivity contribution in [2.45, 2.75) is 44.8 Å². The van der Waals surface area contributed by atoms with Crippen LogP contribution in [0.3, 0.4) is 0 Å². The zero-order valence-electron chi connectivity index (χ0n) is 16.7. The van der Waals surface area contributed by atoms with Crippen LogP contribution in [0.5, 0.6) is 0 Å². The SMILES string of the molecule is O=C(NC1CCCCC1)c1nn(-c2ccc(Cl)cc2Cl)c(-c2ccc(Br)cc2)c1CO. The van der Waals surface area contributed by atoms with Crippen molar-refractivity contribution < 1.29 is 9.90 Å². The number of aliphatic hydroxyl groups excluding tert-OH is 1. The van der Waals surface area contributed by atoms with Crippen molar-refractivity contribution in [3.8, 4) is 16.9 Å². The molecule has 0 aliphatic heterocycles. The Kier molecular flexibility index (Phi) is 7.02. The van der Waals surface area contributed by atoms with Crippen LogP contribution >= 0.6 is 39.1 Å². The van der Waals surface area contributed by atoms with Gasteiger partial charge in [-0.15, -0.1) is 0 Å². The van der Waals surface area contributed by atoms with Crippen molar-refractivity contribution in [1.82, 2.24) is 15.1 Å². The van der Waals surface area contributed by atoms with Gasteiger partial charge in [0.1, 0.15) is 0 Å². The first-order chi connectivity index (χ1) is 15.0. The number of aliphatic hydroxyl groups is 1. The first-order valence-corrected chi connectivity index (χ1v) is 11.8. The molecule has 1 saturated carbocycles. The van der Waals surface area contributed by atoms with Crippen LogP contribution in [0.2, 0.25) is 10.0 Å². The summed E-state index contributed by atoms with van der Waals surface area (Å²) in [5.41, 5.74) is 2.67. The van der Waals surface area contributed by atoms with Gasteiger partial charge in [0.05, 0.1) is 23.0 Å². The maximum atomic E-state index is 13.2. The van der Waals surface area contributed by atoms with Crippen molar-refractivity contribution in [2.75, 3.05) is 0 Å². The van der Waals surface area contributed by atoms with E-state index >= 15 is 0 Å². The van der Waals surface area contributed by atoms with Gasteiger partial charge in [0, 0.05) is 26.7 Å². The Balaban J connectivity index is 1.84. The van der Waals surface area contributed by atoms with Gasteiger partial charge in [0.2, 0.25) is 0 Å². The summed E-state index contributed by atoms with van der Waals surface area (Å²) in [4.78, 5) is 13.2. The summed E-state index contributed by atoms with van der Waals surface area (Å²) in [5.74, 6) is -0.279. The molecule has 0 saturated heterocycles. The van der Waals surface area contributed by atoms with E-state index in [0.717, 1.165) is 35.7 Å². The van der Waals surface area contributed by atoms with E-state index in [1.54, 1.807) is 22.9 Å². The van der Waals surface area contributed by atoms with Crippen molar-refractivity contribution in [3.63, 3.8) is 0 Å². The number of benzene rings is 2. The van der Waals surface area contributed by atoms with Gasteiger partial charge in [-0.25, -0.2) is 4.68 Å². The largest absolute Gasteiger partial charge is 0.392 e. The second-order valence-electron chi connectivity index (χ2n) is 7.66. The summed E-state index contributed by atoms with van der Waals surface area (Å²) in [5, 5.41) is 18.9. The molecule has 8 heteroatoms. The fraction of sp³-hybridized carbons (Fsp3) is 0.304. The minimum absolute atomic E-state index is 0.133. The predicted molar refractivity (Wildman–Crippen MR) is 127 cm³/mol. The topological polar surface area (TPSA) is 67.2 Å². The van der Waals surface area contributed by atoms with Crippen LogP contribution in [0.1, 0.15) is 48.2 Å². The Hall–Kier alpha value is -1.86. The molecule has 0 unspecified atom stereocenters. The first kappa shape index (κ1) is 22.3. The molecule has 1 heterocycles. The highest BCUT2D eigenvalue weighted by Gasteiger charge is 2.27. The van der Waals surface area contributed by atoms with E-state index in [1.807, 2.05) is 24.3 Å². The van der Waals surface area contributed by atoms with Gasteiger partial charge in [-0.2, -0.15) is 5.10 Å². The Morgan fingerprint density at radius 1 is 1.13 bits per heavy atom. The van der Waals surface area contributed by atoms with E-state index in [2.05, 4.69) is 26.3 Å². The van der Waals surface area contributed by atoms with Crippen LogP contribution in [0.25, 0.3) is 16.9 Å². The summed E-state index contributed by atoms with van der Waals surface area (Å²) in [7, 11) is 0. The van der Waals surface area contributed by atoms with Gasteiger partial charge in [-0.1, -0.05) is 70.5 Å². The van der Waals surface area contributed by atoms with Crippen LogP contribution in [0.15, 0.2) is 46.9 Å². The highest BCUT2D eigenvalue weighted by Crippen LogP contribution is 2.34. The Morgan fingerprint density at radius 3 is 2.48 bits per heavy atom. The first-order valence-electron chi connectivity index (χ1n) is 10.2. The van der Waals surface area contributed by atoms with E-state index in [4.69, 9.17) is 23.2 Å². The number of hydrogen-bond acceptors (Lipinski definition) is 3. The third-order valence-electron chi connectivity index (χ3n) is 5.55. The maximum absolute atomic E-state index is 13.2. The molecule has 2 N–H and O–H groups in total. The number of carbonyl (C=O) groups excluding carboxylic acids is 1. The molecule has 0 radical (unpaired) electrons. The predicted octanol–water partition coefficient (Wildman–Crippen LogP) is 6.16. The zero-order chi connectivity index (χ0) is 22.0. The van der Waals surface area contributed by atoms with Gasteiger partial charge in [0.15, 0.2) is 5.69 Å². The lowest BCUT2D eigenvalue weighted by molar-refractivity contribution is 0.0919. The lowest BCUT2D eigenvalue weighted by Crippen LogP contribution is -2.36. The maximum Gasteiger partial charge on any atom is 0.272 e. The lowest BCUT2D eigenvalue weighted by atomic mass is 9.95. The van der Waals surface area contributed by atoms with Gasteiger partial charge >= 0.3 is 0 Å². The highest BCUT2D eigenvalue weighted by molar-refractivity contribution is 9.10. The Labute approximate surface area is 199 Å². The van der Waals surface area contributed by atoms with Crippen molar-refractivity contribution in [2.24, 2.45) is 0 Å². The Bertz CT molecular complexity index is 1090. The second-order valence-corrected chi connectivity index (χ2v) is 9.42. The van der Waals surface area contributed by atoms with Crippen LogP contribution in [-0.2, 0) is 6.61 Å². The van der Waals surface area contributed by atoms with Crippen LogP contribution < -0.4 is 5.32 Å². The summed E-state index contributed by atoms with van der Waals surface area (Å²) < 4.78 is 2.54. The number of nitrogens with zero attached hydrogens (tertiary/aromatic N) is 2. The van der Waals surface area contributed by atoms with Crippen molar-refractivity contribution in [1.29, 1.82) is 0 Å². The average molecular weight is 523 g/mol. The van der Waals surface area contributed by atoms with Crippen molar-refractivity contribution >= 4 is 45.0 Å². The fourth-order valence-electron chi connectivity index (χ4n) is 4.01. The molecule has 2 aromatic carbocycles. The van der Waals surface area contributed by atoms with E-state index < -0.39 is 0 Å². The fourth-order valence-corrected chi connectivity index (χ4v) is 4.77. The summed E-state index contributed by atoms with van der Waals surface area (Å²) in [6.45, 7) is -0.329. The van der Waals surface area contributed by atoms with E-state index in [0.29, 0.717) is 27.0 Å². The van der Waals surface area contributed by atoms with Crippen LogP contribution in [0, 0.1) is 0 Å². The molecule has 1 aliphatic carbocycles. The summed E-state index contributed by atoms with van der Waals surface area (Å²) in [6.07, 6.45) is 5.34. The standard InChI is InChI=1S/C23H22BrCl2N3O2/c24-15-8-6-14(7-9-15)22-18(13-30)21(23(31)27-17-4-2-1-3-5-17)28-29(22)20-11-10-16(25)12-19(20)26/h6-12,17,30H,1-5,13H2,(H,27,31). The molecule has 0 atom stereocenters. The van der Waals surface area contributed by atoms with Gasteiger partial charge < -0.3 is 10.4 Å². The van der Waals surface area contributed by atoms with Crippen LogP contribution in [-0.4, -0.2) is 26.8 Å². The van der Waals surface area contributed by atoms with E-state index in [9.17, 15) is 9.90 Å². The molecule has 1 aliphatic rings. The minimum Gasteiger partial charge on any atom is -0.392 e. The molecule has 3 aromatic rings. The zero-order valence-corrected chi connectivity index (χ0v) is 19.8. The number of carbonyl (C=O) groups is 1. The molecule has 0 bridgehead atoms. The van der Waals surface area contributed by atoms with E-state index in [-0.39, 0.29) is 24.2 Å². The van der Waals surface area contributed by atoms with E-state index in [1.165, 1.54) is 6.42 Å². The second kappa shape index (κ2) is 9.74. The third kappa shape index (κ3) is 4.82. The molecule has 5 nitrogen and oxygen atoms in total. The number of rotatable bonds is 5.